The third-order valence-electron chi connectivity index (χ3n) is 8.45. The number of carbonyl (C=O) groups is 3. The van der Waals surface area contributed by atoms with Gasteiger partial charge < -0.3 is 10.2 Å². The van der Waals surface area contributed by atoms with Crippen molar-refractivity contribution in [2.45, 2.75) is 69.2 Å². The van der Waals surface area contributed by atoms with Gasteiger partial charge >= 0.3 is 5.92 Å². The van der Waals surface area contributed by atoms with E-state index in [2.05, 4.69) is 16.8 Å². The van der Waals surface area contributed by atoms with E-state index in [-0.39, 0.29) is 28.3 Å². The predicted octanol–water partition coefficient (Wildman–Crippen LogP) is 5.36. The average Bonchev–Trinajstić information content (AvgIpc) is 3.04. The van der Waals surface area contributed by atoms with Gasteiger partial charge in [-0.2, -0.15) is 8.78 Å². The van der Waals surface area contributed by atoms with Gasteiger partial charge in [0.1, 0.15) is 0 Å². The van der Waals surface area contributed by atoms with Crippen molar-refractivity contribution in [3.63, 3.8) is 0 Å². The lowest BCUT2D eigenvalue weighted by atomic mass is 9.76. The lowest BCUT2D eigenvalue weighted by Crippen LogP contribution is -2.62. The number of allylic oxidation sites excluding steroid dienone is 3. The van der Waals surface area contributed by atoms with E-state index in [0.717, 1.165) is 31.9 Å². The Bertz CT molecular complexity index is 1780. The maximum Gasteiger partial charge on any atom is 0.349 e. The van der Waals surface area contributed by atoms with Crippen LogP contribution in [0.25, 0.3) is 0 Å². The highest BCUT2D eigenvalue weighted by Crippen LogP contribution is 2.43. The van der Waals surface area contributed by atoms with Crippen LogP contribution in [0.5, 0.6) is 0 Å². The maximum absolute atomic E-state index is 14.6. The number of hydroxylamine groups is 1. The summed E-state index contributed by atoms with van der Waals surface area (Å²) in [7, 11) is -2.57. The molecule has 3 N–H and O–H groups in total. The summed E-state index contributed by atoms with van der Waals surface area (Å²) in [6, 6.07) is 9.17. The van der Waals surface area contributed by atoms with Crippen molar-refractivity contribution in [2.75, 3.05) is 13.3 Å². The Hall–Kier alpha value is -3.62. The van der Waals surface area contributed by atoms with E-state index in [9.17, 15) is 31.6 Å². The standard InChI is InChI=1S/C34H38Cl2F2N4O6S/c1-20(35)16-17-24(21(2)36)30-29(31(43)40-48-19-22-10-9-11-23(18-22)34(37,38)33(45)39-3)25-12-5-6-13-26(25)32(44)42(30)28-15-8-7-14-27(28)41-49(4,46)47/h5-6,9-13,16-18,27-30,41H,2,7-8,14-15,19H2,1,3-4H3,(H,39,45)(H,40,43)/b20-16+,24-17+/t27-,28-,29+,30-/m0/s1. The van der Waals surface area contributed by atoms with Gasteiger partial charge in [-0.05, 0) is 54.7 Å². The molecule has 1 saturated carbocycles. The molecule has 10 nitrogen and oxygen atoms in total. The molecule has 49 heavy (non-hydrogen) atoms. The third kappa shape index (κ3) is 8.95. The molecule has 3 amide bonds. The van der Waals surface area contributed by atoms with Crippen LogP contribution in [0.2, 0.25) is 0 Å². The second-order valence-electron chi connectivity index (χ2n) is 12.0. The minimum atomic E-state index is -3.80. The highest BCUT2D eigenvalue weighted by molar-refractivity contribution is 7.88. The largest absolute Gasteiger partial charge is 0.354 e. The Balaban J connectivity index is 1.77. The first-order valence-electron chi connectivity index (χ1n) is 15.5. The summed E-state index contributed by atoms with van der Waals surface area (Å²) >= 11 is 12.7. The van der Waals surface area contributed by atoms with Crippen LogP contribution < -0.4 is 15.5 Å². The Morgan fingerprint density at radius 2 is 1.80 bits per heavy atom. The fourth-order valence-corrected chi connectivity index (χ4v) is 7.40. The summed E-state index contributed by atoms with van der Waals surface area (Å²) in [4.78, 5) is 47.4. The third-order valence-corrected chi connectivity index (χ3v) is 9.52. The lowest BCUT2D eigenvalue weighted by Gasteiger charge is -2.49. The quantitative estimate of drug-likeness (QED) is 0.198. The van der Waals surface area contributed by atoms with Crippen molar-refractivity contribution >= 4 is 50.9 Å². The van der Waals surface area contributed by atoms with E-state index < -0.39 is 63.3 Å². The second kappa shape index (κ2) is 15.9. The number of fused-ring (bicyclic) bond motifs is 1. The molecule has 2 aromatic carbocycles. The minimum absolute atomic E-state index is 0.0207. The number of hydrogen-bond donors (Lipinski definition) is 3. The zero-order valence-electron chi connectivity index (χ0n) is 27.1. The molecule has 0 aromatic heterocycles. The van der Waals surface area contributed by atoms with Crippen molar-refractivity contribution in [1.29, 1.82) is 0 Å². The highest BCUT2D eigenvalue weighted by atomic mass is 35.5. The van der Waals surface area contributed by atoms with Crippen LogP contribution in [0.1, 0.15) is 65.6 Å². The monoisotopic (exact) mass is 738 g/mol. The Labute approximate surface area is 294 Å². The fourth-order valence-electron chi connectivity index (χ4n) is 6.34. The summed E-state index contributed by atoms with van der Waals surface area (Å²) in [6.45, 7) is 5.21. The molecule has 264 valence electrons. The van der Waals surface area contributed by atoms with Crippen LogP contribution in [-0.4, -0.2) is 62.5 Å². The van der Waals surface area contributed by atoms with E-state index in [1.807, 2.05) is 5.32 Å². The van der Waals surface area contributed by atoms with Crippen molar-refractivity contribution in [3.8, 4) is 0 Å². The number of sulfonamides is 1. The van der Waals surface area contributed by atoms with Gasteiger partial charge in [0.05, 0.1) is 24.8 Å². The maximum atomic E-state index is 14.6. The molecule has 1 aliphatic heterocycles. The molecule has 0 unspecified atom stereocenters. The number of hydrogen-bond acceptors (Lipinski definition) is 6. The smallest absolute Gasteiger partial charge is 0.349 e. The van der Waals surface area contributed by atoms with Gasteiger partial charge in [-0.3, -0.25) is 19.2 Å². The molecule has 2 aromatic rings. The molecular weight excluding hydrogens is 701 g/mol. The summed E-state index contributed by atoms with van der Waals surface area (Å²) in [5.74, 6) is -7.54. The van der Waals surface area contributed by atoms with Crippen LogP contribution >= 0.6 is 23.2 Å². The Kier molecular flexibility index (Phi) is 12.4. The molecule has 0 bridgehead atoms. The summed E-state index contributed by atoms with van der Waals surface area (Å²) in [6.07, 6.45) is 6.48. The molecule has 0 spiro atoms. The normalized spacial score (nSPS) is 21.9. The Morgan fingerprint density at radius 3 is 2.45 bits per heavy atom. The van der Waals surface area contributed by atoms with Gasteiger partial charge in [0.25, 0.3) is 17.7 Å². The van der Waals surface area contributed by atoms with Crippen LogP contribution in [-0.2, 0) is 37.0 Å². The van der Waals surface area contributed by atoms with Gasteiger partial charge in [0.15, 0.2) is 0 Å². The number of carbonyl (C=O) groups excluding carboxylic acids is 3. The molecule has 2 aliphatic rings. The SMILES string of the molecule is C=C(Cl)/C(=C\C=C(/C)Cl)[C@H]1[C@H](C(=O)NOCc2cccc(C(F)(F)C(=O)NC)c2)c2ccccc2C(=O)N1[C@H]1CCCC[C@@H]1NS(C)(=O)=O. The van der Waals surface area contributed by atoms with Gasteiger partial charge in [-0.15, -0.1) is 0 Å². The highest BCUT2D eigenvalue weighted by Gasteiger charge is 2.50. The first-order valence-corrected chi connectivity index (χ1v) is 18.1. The van der Waals surface area contributed by atoms with Crippen molar-refractivity contribution in [1.82, 2.24) is 20.4 Å². The van der Waals surface area contributed by atoms with E-state index in [1.54, 1.807) is 43.3 Å². The number of benzene rings is 2. The van der Waals surface area contributed by atoms with Crippen molar-refractivity contribution < 1.29 is 36.4 Å². The minimum Gasteiger partial charge on any atom is -0.354 e. The van der Waals surface area contributed by atoms with Gasteiger partial charge in [-0.1, -0.05) is 85.1 Å². The molecule has 1 aliphatic carbocycles. The number of halogens is 4. The second-order valence-corrected chi connectivity index (χ2v) is 14.8. The number of alkyl halides is 2. The van der Waals surface area contributed by atoms with Gasteiger partial charge in [0.2, 0.25) is 10.0 Å². The summed E-state index contributed by atoms with van der Waals surface area (Å²) in [5.41, 5.74) is 2.98. The zero-order chi connectivity index (χ0) is 36.1. The van der Waals surface area contributed by atoms with Crippen LogP contribution in [0.15, 0.2) is 82.9 Å². The first-order chi connectivity index (χ1) is 23.1. The number of amides is 3. The zero-order valence-corrected chi connectivity index (χ0v) is 29.5. The predicted molar refractivity (Wildman–Crippen MR) is 183 cm³/mol. The van der Waals surface area contributed by atoms with Crippen LogP contribution in [0, 0.1) is 0 Å². The summed E-state index contributed by atoms with van der Waals surface area (Å²) < 4.78 is 56.7. The van der Waals surface area contributed by atoms with Crippen molar-refractivity contribution in [3.05, 3.63) is 105 Å². The number of nitrogens with zero attached hydrogens (tertiary/aromatic N) is 1. The van der Waals surface area contributed by atoms with Gasteiger partial charge in [0, 0.05) is 40.3 Å². The molecular formula is C34H38Cl2F2N4O6S. The average molecular weight is 740 g/mol. The molecule has 4 atom stereocenters. The molecule has 0 radical (unpaired) electrons. The molecule has 1 heterocycles. The van der Waals surface area contributed by atoms with Crippen molar-refractivity contribution in [2.24, 2.45) is 0 Å². The van der Waals surface area contributed by atoms with Crippen LogP contribution in [0.4, 0.5) is 8.78 Å². The van der Waals surface area contributed by atoms with Crippen LogP contribution in [0.3, 0.4) is 0 Å². The lowest BCUT2D eigenvalue weighted by molar-refractivity contribution is -0.146. The van der Waals surface area contributed by atoms with E-state index in [0.29, 0.717) is 29.9 Å². The molecule has 15 heteroatoms. The molecule has 1 fully saturated rings. The van der Waals surface area contributed by atoms with Gasteiger partial charge in [-0.25, -0.2) is 18.6 Å². The molecule has 0 saturated heterocycles. The number of likely N-dealkylation sites (N-methyl/N-ethyl adjacent to an activating group) is 1. The first kappa shape index (κ1) is 38.2. The van der Waals surface area contributed by atoms with E-state index >= 15 is 0 Å². The molecule has 4 rings (SSSR count). The fraction of sp³-hybridized carbons (Fsp3) is 0.382. The topological polar surface area (TPSA) is 134 Å². The number of nitrogens with one attached hydrogen (secondary N) is 3. The summed E-state index contributed by atoms with van der Waals surface area (Å²) in [5, 5.41) is 2.34. The number of rotatable bonds is 12. The van der Waals surface area contributed by atoms with E-state index in [1.165, 1.54) is 17.0 Å². The van der Waals surface area contributed by atoms with E-state index in [4.69, 9.17) is 28.0 Å². The Morgan fingerprint density at radius 1 is 1.10 bits per heavy atom.